The molecule has 0 saturated heterocycles. The number of rotatable bonds is 9. The van der Waals surface area contributed by atoms with E-state index in [9.17, 15) is 4.79 Å². The number of amides is 1. The van der Waals surface area contributed by atoms with Crippen LogP contribution in [0.15, 0.2) is 12.4 Å². The van der Waals surface area contributed by atoms with E-state index in [2.05, 4.69) is 51.5 Å². The molecule has 1 unspecified atom stereocenters. The Morgan fingerprint density at radius 2 is 1.75 bits per heavy atom. The minimum absolute atomic E-state index is 0.0410. The van der Waals surface area contributed by atoms with E-state index in [1.54, 1.807) is 0 Å². The van der Waals surface area contributed by atoms with E-state index in [1.807, 2.05) is 17.3 Å². The van der Waals surface area contributed by atoms with Crippen LogP contribution in [0.2, 0.25) is 0 Å². The van der Waals surface area contributed by atoms with E-state index in [1.165, 1.54) is 12.8 Å². The zero-order chi connectivity index (χ0) is 18.2. The van der Waals surface area contributed by atoms with Crippen molar-refractivity contribution in [3.05, 3.63) is 18.0 Å². The summed E-state index contributed by atoms with van der Waals surface area (Å²) in [5.41, 5.74) is 1.09. The average molecular weight is 334 g/mol. The number of hydrogen-bond donors (Lipinski definition) is 0. The van der Waals surface area contributed by atoms with E-state index in [-0.39, 0.29) is 17.4 Å². The maximum Gasteiger partial charge on any atom is 0.232 e. The minimum Gasteiger partial charge on any atom is -0.278 e. The monoisotopic (exact) mass is 333 g/mol. The largest absolute Gasteiger partial charge is 0.278 e. The van der Waals surface area contributed by atoms with E-state index >= 15 is 0 Å². The van der Waals surface area contributed by atoms with E-state index in [4.69, 9.17) is 0 Å². The molecule has 0 aliphatic heterocycles. The van der Waals surface area contributed by atoms with Gasteiger partial charge >= 0.3 is 0 Å². The molecule has 0 spiro atoms. The Kier molecular flexibility index (Phi) is 8.37. The quantitative estimate of drug-likeness (QED) is 0.586. The molecule has 1 amide bonds. The summed E-state index contributed by atoms with van der Waals surface area (Å²) in [5.74, 6) is 0.669. The Bertz CT molecular complexity index is 491. The molecular weight excluding hydrogens is 298 g/mol. The van der Waals surface area contributed by atoms with Crippen molar-refractivity contribution in [3.8, 4) is 0 Å². The Hall–Kier alpha value is -1.45. The van der Waals surface area contributed by atoms with Gasteiger partial charge in [-0.2, -0.15) is 0 Å². The Morgan fingerprint density at radius 3 is 2.25 bits per heavy atom. The summed E-state index contributed by atoms with van der Waals surface area (Å²) in [6, 6.07) is 0.128. The highest BCUT2D eigenvalue weighted by Gasteiger charge is 2.27. The average Bonchev–Trinajstić information content (AvgIpc) is 2.48. The topological polar surface area (TPSA) is 46.1 Å². The van der Waals surface area contributed by atoms with Gasteiger partial charge in [0.2, 0.25) is 11.9 Å². The lowest BCUT2D eigenvalue weighted by Crippen LogP contribution is -2.41. The summed E-state index contributed by atoms with van der Waals surface area (Å²) in [7, 11) is 0. The van der Waals surface area contributed by atoms with Crippen LogP contribution in [0.25, 0.3) is 0 Å². The van der Waals surface area contributed by atoms with Gasteiger partial charge in [0.1, 0.15) is 0 Å². The van der Waals surface area contributed by atoms with Gasteiger partial charge < -0.3 is 0 Å². The molecule has 0 saturated carbocycles. The fraction of sp³-hybridized carbons (Fsp3) is 0.750. The van der Waals surface area contributed by atoms with Crippen molar-refractivity contribution in [2.45, 2.75) is 92.5 Å². The number of aromatic nitrogens is 2. The van der Waals surface area contributed by atoms with Gasteiger partial charge in [-0.25, -0.2) is 9.97 Å². The van der Waals surface area contributed by atoms with Crippen molar-refractivity contribution >= 4 is 11.9 Å². The number of anilines is 1. The number of nitrogens with zero attached hydrogens (tertiary/aromatic N) is 3. The van der Waals surface area contributed by atoms with Crippen LogP contribution in [0.1, 0.15) is 85.6 Å². The van der Waals surface area contributed by atoms with E-state index in [0.717, 1.165) is 31.2 Å². The molecule has 1 rings (SSSR count). The summed E-state index contributed by atoms with van der Waals surface area (Å²) < 4.78 is 0. The highest BCUT2D eigenvalue weighted by molar-refractivity contribution is 5.92. The van der Waals surface area contributed by atoms with E-state index < -0.39 is 0 Å². The minimum atomic E-state index is -0.0410. The maximum absolute atomic E-state index is 12.9. The number of hydrogen-bond acceptors (Lipinski definition) is 3. The van der Waals surface area contributed by atoms with Crippen LogP contribution in [0, 0.1) is 5.41 Å². The van der Waals surface area contributed by atoms with Crippen LogP contribution in [0.5, 0.6) is 0 Å². The second kappa shape index (κ2) is 9.75. The van der Waals surface area contributed by atoms with Gasteiger partial charge in [0.05, 0.1) is 0 Å². The Balaban J connectivity index is 2.96. The maximum atomic E-state index is 12.9. The molecule has 4 nitrogen and oxygen atoms in total. The molecule has 0 radical (unpaired) electrons. The van der Waals surface area contributed by atoms with Gasteiger partial charge in [0.25, 0.3) is 0 Å². The smallest absolute Gasteiger partial charge is 0.232 e. The van der Waals surface area contributed by atoms with Crippen LogP contribution >= 0.6 is 0 Å². The molecule has 24 heavy (non-hydrogen) atoms. The van der Waals surface area contributed by atoms with Crippen LogP contribution in [-0.4, -0.2) is 21.9 Å². The van der Waals surface area contributed by atoms with Gasteiger partial charge in [-0.1, -0.05) is 60.3 Å². The number of aryl methyl sites for hydroxylation is 1. The zero-order valence-corrected chi connectivity index (χ0v) is 16.4. The van der Waals surface area contributed by atoms with Gasteiger partial charge in [0.15, 0.2) is 0 Å². The molecule has 136 valence electrons. The summed E-state index contributed by atoms with van der Waals surface area (Å²) in [4.78, 5) is 23.7. The molecule has 0 aliphatic rings. The molecule has 0 aromatic carbocycles. The van der Waals surface area contributed by atoms with Crippen LogP contribution in [0.3, 0.4) is 0 Å². The van der Waals surface area contributed by atoms with Crippen molar-refractivity contribution in [1.29, 1.82) is 0 Å². The molecule has 1 atom stereocenters. The first-order valence-corrected chi connectivity index (χ1v) is 9.41. The first-order chi connectivity index (χ1) is 11.3. The van der Waals surface area contributed by atoms with Crippen LogP contribution < -0.4 is 4.90 Å². The molecule has 1 aromatic rings. The summed E-state index contributed by atoms with van der Waals surface area (Å²) >= 11 is 0. The van der Waals surface area contributed by atoms with Gasteiger partial charge in [-0.05, 0) is 30.7 Å². The number of carbonyl (C=O) groups excluding carboxylic acids is 1. The van der Waals surface area contributed by atoms with Crippen molar-refractivity contribution < 1.29 is 4.79 Å². The Morgan fingerprint density at radius 1 is 1.12 bits per heavy atom. The van der Waals surface area contributed by atoms with Crippen molar-refractivity contribution in [2.75, 3.05) is 4.90 Å². The van der Waals surface area contributed by atoms with Crippen molar-refractivity contribution in [2.24, 2.45) is 5.41 Å². The third kappa shape index (κ3) is 6.98. The molecule has 1 aromatic heterocycles. The highest BCUT2D eigenvalue weighted by Crippen LogP contribution is 2.24. The zero-order valence-electron chi connectivity index (χ0n) is 16.4. The third-order valence-electron chi connectivity index (χ3n) is 4.06. The van der Waals surface area contributed by atoms with Crippen molar-refractivity contribution in [3.63, 3.8) is 0 Å². The van der Waals surface area contributed by atoms with Gasteiger partial charge in [-0.3, -0.25) is 9.69 Å². The lowest BCUT2D eigenvalue weighted by Gasteiger charge is -2.30. The SMILES string of the molecule is CCCCCC(C)N(C(=O)CC(C)(C)C)c1ncc(CCC)cn1. The molecule has 0 fully saturated rings. The third-order valence-corrected chi connectivity index (χ3v) is 4.06. The predicted octanol–water partition coefficient (Wildman–Crippen LogP) is 5.17. The first-order valence-electron chi connectivity index (χ1n) is 9.41. The molecule has 0 aliphatic carbocycles. The van der Waals surface area contributed by atoms with Crippen molar-refractivity contribution in [1.82, 2.24) is 9.97 Å². The molecular formula is C20H35N3O. The molecule has 1 heterocycles. The van der Waals surface area contributed by atoms with Crippen LogP contribution in [-0.2, 0) is 11.2 Å². The highest BCUT2D eigenvalue weighted by atomic mass is 16.2. The lowest BCUT2D eigenvalue weighted by molar-refractivity contribution is -0.120. The second-order valence-corrected chi connectivity index (χ2v) is 7.99. The Labute approximate surface area is 148 Å². The second-order valence-electron chi connectivity index (χ2n) is 7.99. The molecule has 4 heteroatoms. The van der Waals surface area contributed by atoms with Crippen LogP contribution in [0.4, 0.5) is 5.95 Å². The molecule has 0 bridgehead atoms. The fourth-order valence-electron chi connectivity index (χ4n) is 2.80. The fourth-order valence-corrected chi connectivity index (χ4v) is 2.80. The first kappa shape index (κ1) is 20.6. The number of carbonyl (C=O) groups is 1. The summed E-state index contributed by atoms with van der Waals surface area (Å²) in [6.45, 7) is 12.7. The van der Waals surface area contributed by atoms with Gasteiger partial charge in [0, 0.05) is 24.9 Å². The standard InChI is InChI=1S/C20H35N3O/c1-7-9-10-12-16(3)23(18(24)13-20(4,5)6)19-21-14-17(11-8-2)15-22-19/h14-16H,7-13H2,1-6H3. The van der Waals surface area contributed by atoms with E-state index in [0.29, 0.717) is 12.4 Å². The predicted molar refractivity (Wildman–Crippen MR) is 101 cm³/mol. The summed E-state index contributed by atoms with van der Waals surface area (Å²) in [6.07, 6.45) is 10.8. The van der Waals surface area contributed by atoms with Gasteiger partial charge in [-0.15, -0.1) is 0 Å². The molecule has 0 N–H and O–H groups in total. The number of unbranched alkanes of at least 4 members (excludes halogenated alkanes) is 2. The normalized spacial score (nSPS) is 12.9. The lowest BCUT2D eigenvalue weighted by atomic mass is 9.91. The summed E-state index contributed by atoms with van der Waals surface area (Å²) in [5, 5.41) is 0.